The van der Waals surface area contributed by atoms with Gasteiger partial charge in [-0.25, -0.2) is 0 Å². The lowest BCUT2D eigenvalue weighted by atomic mass is 9.78. The van der Waals surface area contributed by atoms with Gasteiger partial charge >= 0.3 is 12.8 Å². The minimum Gasteiger partial charge on any atom is -0.490 e. The Bertz CT molecular complexity index is 529. The van der Waals surface area contributed by atoms with Gasteiger partial charge in [0.25, 0.3) is 0 Å². The third-order valence-electron chi connectivity index (χ3n) is 3.93. The van der Waals surface area contributed by atoms with Gasteiger partial charge in [-0.15, -0.1) is 0 Å². The molecule has 0 unspecified atom stereocenters. The first-order valence-corrected chi connectivity index (χ1v) is 7.36. The molecule has 1 aromatic carbocycles. The average Bonchev–Trinajstić information content (AvgIpc) is 2.68. The molecule has 0 bridgehead atoms. The molecule has 7 heteroatoms. The number of rotatable bonds is 3. The predicted molar refractivity (Wildman–Crippen MR) is 86.7 cm³/mol. The number of ether oxygens (including phenoxy) is 1. The van der Waals surface area contributed by atoms with Gasteiger partial charge in [0.2, 0.25) is 0 Å². The van der Waals surface area contributed by atoms with Crippen molar-refractivity contribution in [3.05, 3.63) is 28.3 Å². The Kier molecular flexibility index (Phi) is 5.59. The number of para-hydroxylation sites is 1. The largest absolute Gasteiger partial charge is 0.498 e. The van der Waals surface area contributed by atoms with Gasteiger partial charge in [0.05, 0.1) is 23.2 Å². The van der Waals surface area contributed by atoms with E-state index >= 15 is 0 Å². The van der Waals surface area contributed by atoms with Gasteiger partial charge in [0, 0.05) is 11.5 Å². The van der Waals surface area contributed by atoms with Crippen LogP contribution in [0.15, 0.2) is 18.2 Å². The standard InChI is InChI=1S/C13H18BNO5.C2H6/c1-12(2)13(3,4)20-14(19-12)9-7-6-8-10(15(16)17)11(9)18-5;1-2/h6-8H,1-5H3;1-2H3. The molecule has 0 N–H and O–H groups in total. The Morgan fingerprint density at radius 1 is 1.14 bits per heavy atom. The summed E-state index contributed by atoms with van der Waals surface area (Å²) in [6, 6.07) is 4.71. The lowest BCUT2D eigenvalue weighted by Gasteiger charge is -2.32. The van der Waals surface area contributed by atoms with Crippen molar-refractivity contribution >= 4 is 18.3 Å². The molecular weight excluding hydrogens is 285 g/mol. The van der Waals surface area contributed by atoms with Gasteiger partial charge in [-0.2, -0.15) is 0 Å². The predicted octanol–water partition coefficient (Wildman–Crippen LogP) is 2.93. The molecule has 0 atom stereocenters. The Morgan fingerprint density at radius 2 is 1.64 bits per heavy atom. The highest BCUT2D eigenvalue weighted by Crippen LogP contribution is 2.38. The minimum atomic E-state index is -0.685. The van der Waals surface area contributed by atoms with E-state index in [1.165, 1.54) is 13.2 Å². The molecule has 0 aromatic heterocycles. The smallest absolute Gasteiger partial charge is 0.490 e. The second kappa shape index (κ2) is 6.66. The molecule has 0 radical (unpaired) electrons. The van der Waals surface area contributed by atoms with Crippen molar-refractivity contribution in [3.8, 4) is 5.75 Å². The van der Waals surface area contributed by atoms with Gasteiger partial charge in [-0.05, 0) is 27.7 Å². The number of nitro groups is 1. The van der Waals surface area contributed by atoms with Crippen molar-refractivity contribution in [2.24, 2.45) is 0 Å². The van der Waals surface area contributed by atoms with Crippen molar-refractivity contribution in [3.63, 3.8) is 0 Å². The van der Waals surface area contributed by atoms with Crippen LogP contribution in [0.1, 0.15) is 41.5 Å². The van der Waals surface area contributed by atoms with E-state index in [9.17, 15) is 10.1 Å². The van der Waals surface area contributed by atoms with Gasteiger partial charge in [-0.3, -0.25) is 10.1 Å². The van der Waals surface area contributed by atoms with Gasteiger partial charge in [-0.1, -0.05) is 26.0 Å². The highest BCUT2D eigenvalue weighted by Gasteiger charge is 2.53. The molecule has 1 fully saturated rings. The summed E-state index contributed by atoms with van der Waals surface area (Å²) in [5, 5.41) is 11.0. The van der Waals surface area contributed by atoms with Crippen LogP contribution < -0.4 is 10.2 Å². The molecule has 0 amide bonds. The summed E-state index contributed by atoms with van der Waals surface area (Å²) in [7, 11) is 0.715. The highest BCUT2D eigenvalue weighted by atomic mass is 16.7. The molecule has 6 nitrogen and oxygen atoms in total. The highest BCUT2D eigenvalue weighted by molar-refractivity contribution is 6.63. The first kappa shape index (κ1) is 18.5. The van der Waals surface area contributed by atoms with E-state index < -0.39 is 23.2 Å². The fourth-order valence-electron chi connectivity index (χ4n) is 2.06. The molecule has 1 heterocycles. The summed E-state index contributed by atoms with van der Waals surface area (Å²) in [4.78, 5) is 10.6. The summed E-state index contributed by atoms with van der Waals surface area (Å²) in [6.07, 6.45) is 0. The van der Waals surface area contributed by atoms with Gasteiger partial charge in [0.1, 0.15) is 0 Å². The summed E-state index contributed by atoms with van der Waals surface area (Å²) in [5.41, 5.74) is -0.583. The second-order valence-corrected chi connectivity index (χ2v) is 5.74. The Hall–Kier alpha value is -1.60. The van der Waals surface area contributed by atoms with Gasteiger partial charge < -0.3 is 14.0 Å². The quantitative estimate of drug-likeness (QED) is 0.488. The zero-order valence-electron chi connectivity index (χ0n) is 14.3. The monoisotopic (exact) mass is 309 g/mol. The lowest BCUT2D eigenvalue weighted by molar-refractivity contribution is -0.385. The third-order valence-corrected chi connectivity index (χ3v) is 3.93. The molecule has 0 saturated carbocycles. The Morgan fingerprint density at radius 3 is 2.05 bits per heavy atom. The van der Waals surface area contributed by atoms with E-state index in [4.69, 9.17) is 14.0 Å². The van der Waals surface area contributed by atoms with Crippen LogP contribution in [-0.4, -0.2) is 30.4 Å². The van der Waals surface area contributed by atoms with Crippen molar-refractivity contribution < 1.29 is 19.0 Å². The van der Waals surface area contributed by atoms with E-state index in [0.717, 1.165) is 0 Å². The fourth-order valence-corrected chi connectivity index (χ4v) is 2.06. The molecule has 1 aromatic rings. The fraction of sp³-hybridized carbons (Fsp3) is 0.600. The van der Waals surface area contributed by atoms with Crippen LogP contribution in [0.5, 0.6) is 5.75 Å². The molecule has 22 heavy (non-hydrogen) atoms. The summed E-state index contributed by atoms with van der Waals surface area (Å²) in [6.45, 7) is 11.7. The normalized spacial score (nSPS) is 18.4. The van der Waals surface area contributed by atoms with Crippen molar-refractivity contribution in [2.75, 3.05) is 7.11 Å². The third kappa shape index (κ3) is 3.25. The Labute approximate surface area is 132 Å². The van der Waals surface area contributed by atoms with E-state index in [1.54, 1.807) is 12.1 Å². The first-order chi connectivity index (χ1) is 10.2. The minimum absolute atomic E-state index is 0.0975. The number of hydrogen-bond donors (Lipinski definition) is 0. The maximum atomic E-state index is 11.0. The summed E-state index contributed by atoms with van der Waals surface area (Å²) >= 11 is 0. The van der Waals surface area contributed by atoms with Crippen molar-refractivity contribution in [1.82, 2.24) is 0 Å². The zero-order valence-corrected chi connectivity index (χ0v) is 14.3. The van der Waals surface area contributed by atoms with E-state index in [0.29, 0.717) is 5.46 Å². The van der Waals surface area contributed by atoms with E-state index in [-0.39, 0.29) is 11.4 Å². The number of benzene rings is 1. The van der Waals surface area contributed by atoms with Crippen LogP contribution in [0.4, 0.5) is 5.69 Å². The molecule has 1 saturated heterocycles. The molecule has 1 aliphatic heterocycles. The average molecular weight is 309 g/mol. The van der Waals surface area contributed by atoms with Crippen LogP contribution in [0, 0.1) is 10.1 Å². The molecule has 122 valence electrons. The maximum Gasteiger partial charge on any atom is 0.498 e. The number of methoxy groups -OCH3 is 1. The van der Waals surface area contributed by atoms with E-state index in [1.807, 2.05) is 41.5 Å². The number of nitro benzene ring substituents is 1. The molecule has 0 aliphatic carbocycles. The Balaban J connectivity index is 0.00000116. The van der Waals surface area contributed by atoms with Crippen LogP contribution >= 0.6 is 0 Å². The first-order valence-electron chi connectivity index (χ1n) is 7.36. The van der Waals surface area contributed by atoms with Crippen LogP contribution in [0.25, 0.3) is 0 Å². The van der Waals surface area contributed by atoms with Crippen LogP contribution in [0.3, 0.4) is 0 Å². The van der Waals surface area contributed by atoms with Crippen LogP contribution in [-0.2, 0) is 9.31 Å². The summed E-state index contributed by atoms with van der Waals surface area (Å²) < 4.78 is 17.0. The molecule has 1 aliphatic rings. The topological polar surface area (TPSA) is 70.8 Å². The molecule has 2 rings (SSSR count). The van der Waals surface area contributed by atoms with Crippen LogP contribution in [0.2, 0.25) is 0 Å². The second-order valence-electron chi connectivity index (χ2n) is 5.74. The number of nitrogens with zero attached hydrogens (tertiary/aromatic N) is 1. The van der Waals surface area contributed by atoms with Crippen molar-refractivity contribution in [2.45, 2.75) is 52.7 Å². The zero-order chi connectivity index (χ0) is 17.1. The molecular formula is C15H24BNO5. The number of hydrogen-bond acceptors (Lipinski definition) is 5. The lowest BCUT2D eigenvalue weighted by Crippen LogP contribution is -2.41. The maximum absolute atomic E-state index is 11.0. The molecule has 0 spiro atoms. The SMILES string of the molecule is CC.COc1c(B2OC(C)(C)C(C)(C)O2)cccc1[N+](=O)[O-]. The van der Waals surface area contributed by atoms with Crippen molar-refractivity contribution in [1.29, 1.82) is 0 Å². The van der Waals surface area contributed by atoms with E-state index in [2.05, 4.69) is 0 Å². The van der Waals surface area contributed by atoms with Gasteiger partial charge in [0.15, 0.2) is 5.75 Å². The summed E-state index contributed by atoms with van der Waals surface area (Å²) in [5.74, 6) is 0.177.